The zero-order valence-electron chi connectivity index (χ0n) is 12.1. The van der Waals surface area contributed by atoms with Gasteiger partial charge in [0.15, 0.2) is 0 Å². The molecule has 0 radical (unpaired) electrons. The lowest BCUT2D eigenvalue weighted by Gasteiger charge is -2.24. The van der Waals surface area contributed by atoms with Gasteiger partial charge >= 0.3 is 0 Å². The monoisotopic (exact) mass is 298 g/mol. The molecule has 0 aliphatic heterocycles. The molecule has 1 aromatic rings. The van der Waals surface area contributed by atoms with Crippen LogP contribution in [0.1, 0.15) is 19.8 Å². The summed E-state index contributed by atoms with van der Waals surface area (Å²) < 4.78 is 27.1. The first-order chi connectivity index (χ1) is 9.44. The average Bonchev–Trinajstić information content (AvgIpc) is 3.28. The van der Waals surface area contributed by atoms with Crippen molar-refractivity contribution in [3.8, 4) is 0 Å². The molecule has 1 saturated carbocycles. The summed E-state index contributed by atoms with van der Waals surface area (Å²) in [7, 11) is 0.268. The number of anilines is 1. The van der Waals surface area contributed by atoms with Gasteiger partial charge in [-0.2, -0.15) is 0 Å². The summed E-state index contributed by atoms with van der Waals surface area (Å²) in [6.45, 7) is 2.44. The van der Waals surface area contributed by atoms with Gasteiger partial charge in [0.1, 0.15) is 5.82 Å². The quantitative estimate of drug-likeness (QED) is 0.782. The van der Waals surface area contributed by atoms with E-state index in [1.54, 1.807) is 7.05 Å². The van der Waals surface area contributed by atoms with Crippen LogP contribution in [0.3, 0.4) is 0 Å². The SMILES string of the molecule is CNc1cc(S(=O)(=O)NCC(C)N(C)C2CC2)ccn1. The van der Waals surface area contributed by atoms with Crippen LogP contribution in [-0.2, 0) is 10.0 Å². The number of hydrogen-bond donors (Lipinski definition) is 2. The van der Waals surface area contributed by atoms with Gasteiger partial charge in [0.05, 0.1) is 4.90 Å². The predicted octanol–water partition coefficient (Wildman–Crippen LogP) is 0.884. The highest BCUT2D eigenvalue weighted by molar-refractivity contribution is 7.89. The Morgan fingerprint density at radius 3 is 2.80 bits per heavy atom. The largest absolute Gasteiger partial charge is 0.373 e. The van der Waals surface area contributed by atoms with Crippen LogP contribution in [0.2, 0.25) is 0 Å². The molecule has 0 saturated heterocycles. The topological polar surface area (TPSA) is 74.3 Å². The van der Waals surface area contributed by atoms with Crippen molar-refractivity contribution in [2.24, 2.45) is 0 Å². The normalized spacial score (nSPS) is 17.2. The van der Waals surface area contributed by atoms with Crippen LogP contribution in [0.5, 0.6) is 0 Å². The van der Waals surface area contributed by atoms with Crippen molar-refractivity contribution in [3.05, 3.63) is 18.3 Å². The highest BCUT2D eigenvalue weighted by atomic mass is 32.2. The standard InChI is InChI=1S/C13H22N4O2S/c1-10(17(3)11-4-5-11)9-16-20(18,19)12-6-7-15-13(8-12)14-2/h6-8,10-11,16H,4-5,9H2,1-3H3,(H,14,15). The lowest BCUT2D eigenvalue weighted by Crippen LogP contribution is -2.41. The number of hydrogen-bond acceptors (Lipinski definition) is 5. The molecule has 112 valence electrons. The van der Waals surface area contributed by atoms with E-state index in [1.165, 1.54) is 31.2 Å². The third-order valence-corrected chi connectivity index (χ3v) is 5.11. The predicted molar refractivity (Wildman–Crippen MR) is 79.2 cm³/mol. The molecule has 1 aromatic heterocycles. The van der Waals surface area contributed by atoms with Crippen molar-refractivity contribution in [2.75, 3.05) is 26.0 Å². The van der Waals surface area contributed by atoms with Gasteiger partial charge in [-0.15, -0.1) is 0 Å². The summed E-state index contributed by atoms with van der Waals surface area (Å²) in [5.41, 5.74) is 0. The molecule has 2 N–H and O–H groups in total. The summed E-state index contributed by atoms with van der Waals surface area (Å²) >= 11 is 0. The van der Waals surface area contributed by atoms with Crippen LogP contribution >= 0.6 is 0 Å². The van der Waals surface area contributed by atoms with Gasteiger partial charge in [-0.3, -0.25) is 4.90 Å². The second-order valence-corrected chi connectivity index (χ2v) is 6.99. The molecule has 0 spiro atoms. The van der Waals surface area contributed by atoms with Gasteiger partial charge in [-0.05, 0) is 32.9 Å². The fourth-order valence-electron chi connectivity index (χ4n) is 2.01. The molecule has 1 aliphatic carbocycles. The molecule has 20 heavy (non-hydrogen) atoms. The molecule has 6 nitrogen and oxygen atoms in total. The van der Waals surface area contributed by atoms with E-state index in [9.17, 15) is 8.42 Å². The number of nitrogens with zero attached hydrogens (tertiary/aromatic N) is 2. The van der Waals surface area contributed by atoms with Crippen molar-refractivity contribution in [1.82, 2.24) is 14.6 Å². The smallest absolute Gasteiger partial charge is 0.240 e. The number of pyridine rings is 1. The zero-order valence-corrected chi connectivity index (χ0v) is 12.9. The maximum atomic E-state index is 12.2. The van der Waals surface area contributed by atoms with Crippen molar-refractivity contribution >= 4 is 15.8 Å². The third kappa shape index (κ3) is 3.68. The highest BCUT2D eigenvalue weighted by Gasteiger charge is 2.29. The Kier molecular flexibility index (Phi) is 4.62. The number of sulfonamides is 1. The summed E-state index contributed by atoms with van der Waals surface area (Å²) in [6, 6.07) is 3.82. The first-order valence-corrected chi connectivity index (χ1v) is 8.28. The van der Waals surface area contributed by atoms with Crippen LogP contribution in [0.15, 0.2) is 23.2 Å². The molecule has 0 aromatic carbocycles. The van der Waals surface area contributed by atoms with Crippen LogP contribution in [0, 0.1) is 0 Å². The maximum absolute atomic E-state index is 12.2. The molecule has 0 bridgehead atoms. The van der Waals surface area contributed by atoms with Crippen molar-refractivity contribution < 1.29 is 8.42 Å². The van der Waals surface area contributed by atoms with Gasteiger partial charge in [-0.1, -0.05) is 0 Å². The molecule has 1 unspecified atom stereocenters. The van der Waals surface area contributed by atoms with Gasteiger partial charge < -0.3 is 5.32 Å². The molecule has 1 aliphatic rings. The lowest BCUT2D eigenvalue weighted by molar-refractivity contribution is 0.248. The molecule has 0 amide bonds. The number of nitrogens with one attached hydrogen (secondary N) is 2. The molecule has 2 rings (SSSR count). The molecule has 7 heteroatoms. The molecule has 1 atom stereocenters. The molecule has 1 heterocycles. The third-order valence-electron chi connectivity index (χ3n) is 3.68. The van der Waals surface area contributed by atoms with E-state index in [0.717, 1.165) is 0 Å². The van der Waals surface area contributed by atoms with E-state index < -0.39 is 10.0 Å². The first-order valence-electron chi connectivity index (χ1n) is 6.79. The Morgan fingerprint density at radius 1 is 1.50 bits per heavy atom. The second kappa shape index (κ2) is 6.07. The van der Waals surface area contributed by atoms with E-state index in [1.807, 2.05) is 14.0 Å². The average molecular weight is 298 g/mol. The van der Waals surface area contributed by atoms with E-state index >= 15 is 0 Å². The molecule has 1 fully saturated rings. The van der Waals surface area contributed by atoms with Gasteiger partial charge in [-0.25, -0.2) is 18.1 Å². The Bertz CT molecular complexity index is 557. The molecular weight excluding hydrogens is 276 g/mol. The van der Waals surface area contributed by atoms with Gasteiger partial charge in [0.25, 0.3) is 0 Å². The summed E-state index contributed by atoms with van der Waals surface area (Å²) in [6.07, 6.45) is 3.91. The Labute approximate surface area is 120 Å². The molecular formula is C13H22N4O2S. The highest BCUT2D eigenvalue weighted by Crippen LogP contribution is 2.26. The number of aromatic nitrogens is 1. The van der Waals surface area contributed by atoms with E-state index in [0.29, 0.717) is 18.4 Å². The zero-order chi connectivity index (χ0) is 14.8. The van der Waals surface area contributed by atoms with Crippen LogP contribution in [-0.4, -0.2) is 51.0 Å². The van der Waals surface area contributed by atoms with Crippen LogP contribution in [0.25, 0.3) is 0 Å². The Balaban J connectivity index is 1.99. The minimum atomic E-state index is -3.48. The summed E-state index contributed by atoms with van der Waals surface area (Å²) in [5.74, 6) is 0.538. The van der Waals surface area contributed by atoms with E-state index in [4.69, 9.17) is 0 Å². The van der Waals surface area contributed by atoms with Crippen molar-refractivity contribution in [3.63, 3.8) is 0 Å². The summed E-state index contributed by atoms with van der Waals surface area (Å²) in [5, 5.41) is 2.83. The second-order valence-electron chi connectivity index (χ2n) is 5.22. The lowest BCUT2D eigenvalue weighted by atomic mass is 10.3. The maximum Gasteiger partial charge on any atom is 0.240 e. The minimum absolute atomic E-state index is 0.183. The van der Waals surface area contributed by atoms with Gasteiger partial charge in [0.2, 0.25) is 10.0 Å². The van der Waals surface area contributed by atoms with Crippen molar-refractivity contribution in [1.29, 1.82) is 0 Å². The van der Waals surface area contributed by atoms with E-state index in [2.05, 4.69) is 19.9 Å². The van der Waals surface area contributed by atoms with Crippen molar-refractivity contribution in [2.45, 2.75) is 36.7 Å². The summed E-state index contributed by atoms with van der Waals surface area (Å²) in [4.78, 5) is 6.48. The Hall–Kier alpha value is -1.18. The Morgan fingerprint density at radius 2 is 2.20 bits per heavy atom. The van der Waals surface area contributed by atoms with Crippen LogP contribution in [0.4, 0.5) is 5.82 Å². The number of rotatable bonds is 7. The number of likely N-dealkylation sites (N-methyl/N-ethyl adjacent to an activating group) is 1. The fraction of sp³-hybridized carbons (Fsp3) is 0.615. The first kappa shape index (κ1) is 15.2. The minimum Gasteiger partial charge on any atom is -0.373 e. The van der Waals surface area contributed by atoms with Gasteiger partial charge in [0, 0.05) is 37.9 Å². The van der Waals surface area contributed by atoms with Crippen LogP contribution < -0.4 is 10.0 Å². The van der Waals surface area contributed by atoms with E-state index in [-0.39, 0.29) is 10.9 Å². The fourth-order valence-corrected chi connectivity index (χ4v) is 3.15.